The summed E-state index contributed by atoms with van der Waals surface area (Å²) in [6.07, 6.45) is 7.52. The number of hydrogen-bond donors (Lipinski definition) is 0. The van der Waals surface area contributed by atoms with E-state index in [1.54, 1.807) is 0 Å². The largest absolute Gasteiger partial charge is 0.397 e. The molecule has 1 aromatic carbocycles. The molecule has 0 aliphatic heterocycles. The van der Waals surface area contributed by atoms with Gasteiger partial charge in [-0.1, -0.05) is 42.7 Å². The monoisotopic (exact) mass is 302 g/mol. The van der Waals surface area contributed by atoms with Gasteiger partial charge in [0.1, 0.15) is 0 Å². The average Bonchev–Trinajstić information content (AvgIpc) is 3.12. The highest BCUT2D eigenvalue weighted by Crippen LogP contribution is 2.51. The van der Waals surface area contributed by atoms with Gasteiger partial charge in [-0.25, -0.2) is 0 Å². The maximum atomic E-state index is 6.20. The van der Waals surface area contributed by atoms with Crippen molar-refractivity contribution in [2.45, 2.75) is 50.6 Å². The zero-order valence-corrected chi connectivity index (χ0v) is 14.6. The lowest BCUT2D eigenvalue weighted by atomic mass is 10.0. The van der Waals surface area contributed by atoms with Gasteiger partial charge in [-0.15, -0.1) is 0 Å². The Kier molecular flexibility index (Phi) is 4.08. The van der Waals surface area contributed by atoms with Gasteiger partial charge in [-0.3, -0.25) is 0 Å². The summed E-state index contributed by atoms with van der Waals surface area (Å²) >= 11 is 0. The topological polar surface area (TPSA) is 18.5 Å². The number of benzene rings is 1. The van der Waals surface area contributed by atoms with Crippen LogP contribution >= 0.6 is 0 Å². The van der Waals surface area contributed by atoms with Gasteiger partial charge in [0.05, 0.1) is 0 Å². The van der Waals surface area contributed by atoms with Gasteiger partial charge in [0.2, 0.25) is 0 Å². The first-order valence-corrected chi connectivity index (χ1v) is 9.99. The lowest BCUT2D eigenvalue weighted by Crippen LogP contribution is -2.50. The third-order valence-electron chi connectivity index (χ3n) is 5.46. The van der Waals surface area contributed by atoms with E-state index in [1.165, 1.54) is 47.9 Å². The van der Waals surface area contributed by atoms with E-state index in [9.17, 15) is 0 Å². The Bertz CT molecular complexity index is 554. The SMILES string of the molecule is CO[Si](OC)(C1CCCC1)C1C(C)=Cc2c(C)cccc21. The third-order valence-corrected chi connectivity index (χ3v) is 10.0. The fourth-order valence-corrected chi connectivity index (χ4v) is 8.85. The molecule has 21 heavy (non-hydrogen) atoms. The van der Waals surface area contributed by atoms with Crippen LogP contribution in [0.3, 0.4) is 0 Å². The molecule has 0 bridgehead atoms. The average molecular weight is 302 g/mol. The first-order chi connectivity index (χ1) is 10.1. The maximum absolute atomic E-state index is 6.20. The molecule has 1 fully saturated rings. The van der Waals surface area contributed by atoms with Crippen LogP contribution in [0.1, 0.15) is 54.8 Å². The molecule has 2 nitrogen and oxygen atoms in total. The first kappa shape index (κ1) is 15.0. The maximum Gasteiger partial charge on any atom is 0.352 e. The van der Waals surface area contributed by atoms with E-state index in [2.05, 4.69) is 38.1 Å². The molecular formula is C18H26O2Si. The van der Waals surface area contributed by atoms with Crippen LogP contribution < -0.4 is 0 Å². The van der Waals surface area contributed by atoms with Crippen LogP contribution in [-0.4, -0.2) is 22.8 Å². The van der Waals surface area contributed by atoms with E-state index in [0.717, 1.165) is 0 Å². The predicted octanol–water partition coefficient (Wildman–Crippen LogP) is 4.71. The highest BCUT2D eigenvalue weighted by Gasteiger charge is 2.54. The zero-order chi connectivity index (χ0) is 15.0. The predicted molar refractivity (Wildman–Crippen MR) is 89.6 cm³/mol. The molecule has 3 heteroatoms. The minimum absolute atomic E-state index is 0.352. The van der Waals surface area contributed by atoms with Gasteiger partial charge in [-0.2, -0.15) is 0 Å². The molecule has 1 unspecified atom stereocenters. The Morgan fingerprint density at radius 2 is 1.71 bits per heavy atom. The van der Waals surface area contributed by atoms with E-state index < -0.39 is 8.56 Å². The second kappa shape index (κ2) is 5.71. The molecule has 0 N–H and O–H groups in total. The van der Waals surface area contributed by atoms with E-state index in [1.807, 2.05) is 14.2 Å². The van der Waals surface area contributed by atoms with Crippen LogP contribution in [0, 0.1) is 6.92 Å². The summed E-state index contributed by atoms with van der Waals surface area (Å²) in [6.45, 7) is 4.45. The minimum Gasteiger partial charge on any atom is -0.397 e. The van der Waals surface area contributed by atoms with Crippen molar-refractivity contribution in [1.29, 1.82) is 0 Å². The van der Waals surface area contributed by atoms with Crippen LogP contribution in [0.15, 0.2) is 23.8 Å². The fraction of sp³-hybridized carbons (Fsp3) is 0.556. The number of hydrogen-bond acceptors (Lipinski definition) is 2. The molecular weight excluding hydrogens is 276 g/mol. The Labute approximate surface area is 129 Å². The summed E-state index contributed by atoms with van der Waals surface area (Å²) in [7, 11) is 1.46. The van der Waals surface area contributed by atoms with Gasteiger partial charge in [0, 0.05) is 25.3 Å². The van der Waals surface area contributed by atoms with E-state index in [4.69, 9.17) is 8.85 Å². The number of fused-ring (bicyclic) bond motifs is 1. The summed E-state index contributed by atoms with van der Waals surface area (Å²) < 4.78 is 12.4. The second-order valence-electron chi connectivity index (χ2n) is 6.51. The summed E-state index contributed by atoms with van der Waals surface area (Å²) in [5.41, 5.74) is 6.56. The zero-order valence-electron chi connectivity index (χ0n) is 13.6. The highest BCUT2D eigenvalue weighted by molar-refractivity contribution is 6.71. The van der Waals surface area contributed by atoms with Gasteiger partial charge in [0.25, 0.3) is 0 Å². The van der Waals surface area contributed by atoms with Crippen molar-refractivity contribution in [3.05, 3.63) is 40.5 Å². The van der Waals surface area contributed by atoms with Gasteiger partial charge < -0.3 is 8.85 Å². The molecule has 3 rings (SSSR count). The van der Waals surface area contributed by atoms with E-state index >= 15 is 0 Å². The van der Waals surface area contributed by atoms with Crippen LogP contribution in [0.5, 0.6) is 0 Å². The molecule has 1 aromatic rings. The lowest BCUT2D eigenvalue weighted by molar-refractivity contribution is 0.220. The summed E-state index contributed by atoms with van der Waals surface area (Å²) in [5.74, 6) is 0. The molecule has 2 aliphatic carbocycles. The van der Waals surface area contributed by atoms with Crippen molar-refractivity contribution < 1.29 is 8.85 Å². The number of aryl methyl sites for hydroxylation is 1. The number of rotatable bonds is 4. The number of allylic oxidation sites excluding steroid dienone is 1. The Morgan fingerprint density at radius 3 is 2.33 bits per heavy atom. The standard InChI is InChI=1S/C18H26O2Si/c1-13-8-7-11-16-17(13)12-14(2)18(16)21(19-3,20-4)15-9-5-6-10-15/h7-8,11-12,15,18H,5-6,9-10H2,1-4H3. The van der Waals surface area contributed by atoms with Gasteiger partial charge in [0.15, 0.2) is 0 Å². The smallest absolute Gasteiger partial charge is 0.352 e. The van der Waals surface area contributed by atoms with Gasteiger partial charge >= 0.3 is 8.56 Å². The first-order valence-electron chi connectivity index (χ1n) is 8.02. The normalized spacial score (nSPS) is 22.5. The van der Waals surface area contributed by atoms with Crippen molar-refractivity contribution in [3.63, 3.8) is 0 Å². The van der Waals surface area contributed by atoms with Crippen LogP contribution in [0.25, 0.3) is 6.08 Å². The molecule has 0 amide bonds. The summed E-state index contributed by atoms with van der Waals surface area (Å²) in [4.78, 5) is 0. The quantitative estimate of drug-likeness (QED) is 0.750. The van der Waals surface area contributed by atoms with Crippen molar-refractivity contribution in [2.24, 2.45) is 0 Å². The third kappa shape index (κ3) is 2.22. The van der Waals surface area contributed by atoms with E-state index in [-0.39, 0.29) is 0 Å². The second-order valence-corrected chi connectivity index (χ2v) is 10.2. The molecule has 2 aliphatic rings. The molecule has 0 spiro atoms. The van der Waals surface area contributed by atoms with E-state index in [0.29, 0.717) is 11.1 Å². The van der Waals surface area contributed by atoms with Crippen molar-refractivity contribution in [1.82, 2.24) is 0 Å². The molecule has 0 heterocycles. The highest BCUT2D eigenvalue weighted by atomic mass is 28.4. The molecule has 0 aromatic heterocycles. The lowest BCUT2D eigenvalue weighted by Gasteiger charge is -2.39. The summed E-state index contributed by atoms with van der Waals surface area (Å²) in [5, 5.41) is 0. The fourth-order valence-electron chi connectivity index (χ4n) is 4.46. The van der Waals surface area contributed by atoms with Crippen molar-refractivity contribution in [2.75, 3.05) is 14.2 Å². The Hall–Kier alpha value is -0.903. The molecule has 1 saturated carbocycles. The van der Waals surface area contributed by atoms with Crippen molar-refractivity contribution in [3.8, 4) is 0 Å². The molecule has 0 radical (unpaired) electrons. The van der Waals surface area contributed by atoms with Crippen LogP contribution in [0.4, 0.5) is 0 Å². The molecule has 0 saturated heterocycles. The van der Waals surface area contributed by atoms with Gasteiger partial charge in [-0.05, 0) is 43.4 Å². The Balaban J connectivity index is 2.09. The minimum atomic E-state index is -2.28. The van der Waals surface area contributed by atoms with Crippen LogP contribution in [-0.2, 0) is 8.85 Å². The van der Waals surface area contributed by atoms with Crippen LogP contribution in [0.2, 0.25) is 5.54 Å². The van der Waals surface area contributed by atoms with Crippen molar-refractivity contribution >= 4 is 14.6 Å². The Morgan fingerprint density at radius 1 is 1.05 bits per heavy atom. The summed E-state index contributed by atoms with van der Waals surface area (Å²) in [6, 6.07) is 6.64. The molecule has 114 valence electrons. The molecule has 1 atom stereocenters.